The second-order valence-electron chi connectivity index (χ2n) is 6.56. The average Bonchev–Trinajstić information content (AvgIpc) is 2.71. The van der Waals surface area contributed by atoms with Crippen LogP contribution in [-0.4, -0.2) is 14.5 Å². The molecule has 0 spiro atoms. The number of halogens is 2. The Labute approximate surface area is 176 Å². The third kappa shape index (κ3) is 3.64. The predicted octanol–water partition coefficient (Wildman–Crippen LogP) is 4.84. The van der Waals surface area contributed by atoms with Crippen molar-refractivity contribution in [2.75, 3.05) is 11.1 Å². The highest BCUT2D eigenvalue weighted by molar-refractivity contribution is 6.35. The summed E-state index contributed by atoms with van der Waals surface area (Å²) < 4.78 is 1.64. The van der Waals surface area contributed by atoms with Crippen LogP contribution >= 0.6 is 23.2 Å². The first-order valence-corrected chi connectivity index (χ1v) is 9.65. The molecule has 0 aliphatic heterocycles. The highest BCUT2D eigenvalue weighted by atomic mass is 35.5. The SMILES string of the molecule is CC(Nc1nc(Cl)ncc1N)c1cc2cccc(Cl)c2c(=O)n1-c1ccccc1. The molecule has 6 nitrogen and oxygen atoms in total. The van der Waals surface area contributed by atoms with Crippen molar-refractivity contribution in [2.24, 2.45) is 0 Å². The van der Waals surface area contributed by atoms with Gasteiger partial charge in [0.05, 0.1) is 28.3 Å². The number of nitrogens with one attached hydrogen (secondary N) is 1. The molecule has 2 aromatic heterocycles. The Morgan fingerprint density at radius 1 is 1.10 bits per heavy atom. The summed E-state index contributed by atoms with van der Waals surface area (Å²) in [5, 5.41) is 4.95. The second kappa shape index (κ2) is 7.73. The summed E-state index contributed by atoms with van der Waals surface area (Å²) in [4.78, 5) is 21.4. The van der Waals surface area contributed by atoms with Crippen LogP contribution in [0.3, 0.4) is 0 Å². The number of hydrogen-bond donors (Lipinski definition) is 2. The van der Waals surface area contributed by atoms with Crippen LogP contribution in [0.4, 0.5) is 11.5 Å². The van der Waals surface area contributed by atoms with E-state index in [0.29, 0.717) is 21.9 Å². The highest BCUT2D eigenvalue weighted by Crippen LogP contribution is 2.28. The van der Waals surface area contributed by atoms with Crippen LogP contribution in [0.5, 0.6) is 0 Å². The molecule has 2 heterocycles. The second-order valence-corrected chi connectivity index (χ2v) is 7.30. The largest absolute Gasteiger partial charge is 0.394 e. The average molecular weight is 426 g/mol. The van der Waals surface area contributed by atoms with Crippen LogP contribution in [0.15, 0.2) is 65.6 Å². The van der Waals surface area contributed by atoms with Crippen molar-refractivity contribution in [2.45, 2.75) is 13.0 Å². The molecule has 146 valence electrons. The molecular weight excluding hydrogens is 409 g/mol. The minimum absolute atomic E-state index is 0.0830. The van der Waals surface area contributed by atoms with Crippen LogP contribution in [0, 0.1) is 0 Å². The molecule has 29 heavy (non-hydrogen) atoms. The van der Waals surface area contributed by atoms with Gasteiger partial charge in [-0.1, -0.05) is 41.9 Å². The summed E-state index contributed by atoms with van der Waals surface area (Å²) in [5.74, 6) is 0.399. The molecule has 0 aliphatic carbocycles. The Kier molecular flexibility index (Phi) is 5.13. The summed E-state index contributed by atoms with van der Waals surface area (Å²) in [7, 11) is 0. The number of anilines is 2. The maximum absolute atomic E-state index is 13.4. The van der Waals surface area contributed by atoms with Gasteiger partial charge in [-0.2, -0.15) is 4.98 Å². The number of nitrogens with two attached hydrogens (primary N) is 1. The molecule has 0 saturated carbocycles. The molecule has 0 saturated heterocycles. The molecule has 8 heteroatoms. The summed E-state index contributed by atoms with van der Waals surface area (Å²) >= 11 is 12.3. The van der Waals surface area contributed by atoms with E-state index in [1.54, 1.807) is 10.6 Å². The van der Waals surface area contributed by atoms with E-state index in [4.69, 9.17) is 28.9 Å². The minimum Gasteiger partial charge on any atom is -0.394 e. The lowest BCUT2D eigenvalue weighted by Crippen LogP contribution is -2.26. The monoisotopic (exact) mass is 425 g/mol. The van der Waals surface area contributed by atoms with Crippen molar-refractivity contribution in [1.29, 1.82) is 0 Å². The van der Waals surface area contributed by atoms with E-state index in [9.17, 15) is 4.79 Å². The van der Waals surface area contributed by atoms with E-state index in [1.165, 1.54) is 6.20 Å². The van der Waals surface area contributed by atoms with Gasteiger partial charge in [-0.3, -0.25) is 9.36 Å². The molecule has 0 radical (unpaired) electrons. The number of para-hydroxylation sites is 1. The number of aromatic nitrogens is 3. The molecule has 0 aliphatic rings. The Balaban J connectivity index is 1.93. The van der Waals surface area contributed by atoms with Gasteiger partial charge in [0.25, 0.3) is 5.56 Å². The van der Waals surface area contributed by atoms with Crippen LogP contribution in [0.1, 0.15) is 18.7 Å². The molecule has 3 N–H and O–H groups in total. The molecular formula is C21H17Cl2N5O. The van der Waals surface area contributed by atoms with Gasteiger partial charge in [-0.25, -0.2) is 4.98 Å². The zero-order chi connectivity index (χ0) is 20.5. The van der Waals surface area contributed by atoms with Crippen LogP contribution < -0.4 is 16.6 Å². The van der Waals surface area contributed by atoms with Crippen LogP contribution in [0.2, 0.25) is 10.3 Å². The van der Waals surface area contributed by atoms with E-state index in [1.807, 2.05) is 55.5 Å². The number of fused-ring (bicyclic) bond motifs is 1. The van der Waals surface area contributed by atoms with Gasteiger partial charge in [-0.15, -0.1) is 0 Å². The van der Waals surface area contributed by atoms with Crippen molar-refractivity contribution in [3.63, 3.8) is 0 Å². The first kappa shape index (κ1) is 19.2. The van der Waals surface area contributed by atoms with Crippen molar-refractivity contribution in [3.05, 3.63) is 87.1 Å². The van der Waals surface area contributed by atoms with E-state index < -0.39 is 0 Å². The molecule has 4 rings (SSSR count). The van der Waals surface area contributed by atoms with E-state index in [0.717, 1.165) is 16.8 Å². The Bertz CT molecular complexity index is 1260. The molecule has 2 aromatic carbocycles. The summed E-state index contributed by atoms with van der Waals surface area (Å²) in [6, 6.07) is 16.4. The third-order valence-electron chi connectivity index (χ3n) is 4.62. The summed E-state index contributed by atoms with van der Waals surface area (Å²) in [6.45, 7) is 1.92. The van der Waals surface area contributed by atoms with E-state index in [2.05, 4.69) is 15.3 Å². The topological polar surface area (TPSA) is 85.8 Å². The number of rotatable bonds is 4. The molecule has 0 amide bonds. The maximum atomic E-state index is 13.4. The Hall–Kier alpha value is -3.09. The molecule has 1 atom stereocenters. The normalized spacial score (nSPS) is 12.1. The molecule has 1 unspecified atom stereocenters. The van der Waals surface area contributed by atoms with Crippen molar-refractivity contribution in [1.82, 2.24) is 14.5 Å². The van der Waals surface area contributed by atoms with Crippen molar-refractivity contribution < 1.29 is 0 Å². The van der Waals surface area contributed by atoms with Gasteiger partial charge in [-0.05, 0) is 48.2 Å². The molecule has 0 fully saturated rings. The lowest BCUT2D eigenvalue weighted by Gasteiger charge is -2.22. The zero-order valence-corrected chi connectivity index (χ0v) is 16.9. The smallest absolute Gasteiger partial charge is 0.264 e. The summed E-state index contributed by atoms with van der Waals surface area (Å²) in [6.07, 6.45) is 1.44. The lowest BCUT2D eigenvalue weighted by atomic mass is 10.1. The van der Waals surface area contributed by atoms with Gasteiger partial charge >= 0.3 is 0 Å². The van der Waals surface area contributed by atoms with E-state index in [-0.39, 0.29) is 16.9 Å². The predicted molar refractivity (Wildman–Crippen MR) is 118 cm³/mol. The standard InChI is InChI=1S/C21H17Cl2N5O/c1-12(26-19-16(24)11-25-21(23)27-19)17-10-13-6-5-9-15(22)18(13)20(29)28(17)14-7-3-2-4-8-14/h2-12H,24H2,1H3,(H,25,26,27). The Morgan fingerprint density at radius 3 is 2.62 bits per heavy atom. The number of nitrogens with zero attached hydrogens (tertiary/aromatic N) is 3. The van der Waals surface area contributed by atoms with Gasteiger partial charge in [0.15, 0.2) is 5.82 Å². The quantitative estimate of drug-likeness (QED) is 0.456. The third-order valence-corrected chi connectivity index (χ3v) is 5.12. The summed E-state index contributed by atoms with van der Waals surface area (Å²) in [5.41, 5.74) is 7.60. The number of nitrogen functional groups attached to an aromatic ring is 1. The fourth-order valence-corrected chi connectivity index (χ4v) is 3.66. The number of benzene rings is 2. The minimum atomic E-state index is -0.320. The van der Waals surface area contributed by atoms with Gasteiger partial charge in [0.2, 0.25) is 5.28 Å². The first-order chi connectivity index (χ1) is 14.0. The van der Waals surface area contributed by atoms with Crippen molar-refractivity contribution >= 4 is 45.5 Å². The van der Waals surface area contributed by atoms with Gasteiger partial charge in [0, 0.05) is 11.4 Å². The zero-order valence-electron chi connectivity index (χ0n) is 15.4. The lowest BCUT2D eigenvalue weighted by molar-refractivity contribution is 0.773. The molecule has 4 aromatic rings. The Morgan fingerprint density at radius 2 is 1.86 bits per heavy atom. The van der Waals surface area contributed by atoms with Gasteiger partial charge in [0.1, 0.15) is 0 Å². The fraction of sp³-hybridized carbons (Fsp3) is 0.0952. The van der Waals surface area contributed by atoms with Crippen molar-refractivity contribution in [3.8, 4) is 5.69 Å². The first-order valence-electron chi connectivity index (χ1n) is 8.90. The van der Waals surface area contributed by atoms with Gasteiger partial charge < -0.3 is 11.1 Å². The fourth-order valence-electron chi connectivity index (χ4n) is 3.27. The number of pyridine rings is 1. The number of hydrogen-bond acceptors (Lipinski definition) is 5. The molecule has 0 bridgehead atoms. The van der Waals surface area contributed by atoms with E-state index >= 15 is 0 Å². The maximum Gasteiger partial charge on any atom is 0.264 e. The highest BCUT2D eigenvalue weighted by Gasteiger charge is 2.19. The van der Waals surface area contributed by atoms with Crippen LogP contribution in [-0.2, 0) is 0 Å². The van der Waals surface area contributed by atoms with Crippen LogP contribution in [0.25, 0.3) is 16.5 Å².